The number of ether oxygens (including phenoxy) is 3. The zero-order chi connectivity index (χ0) is 21.0. The van der Waals surface area contributed by atoms with E-state index in [4.69, 9.17) is 25.8 Å². The summed E-state index contributed by atoms with van der Waals surface area (Å²) < 4.78 is 18.1. The van der Waals surface area contributed by atoms with Gasteiger partial charge in [-0.2, -0.15) is 0 Å². The lowest BCUT2D eigenvalue weighted by Gasteiger charge is -2.34. The maximum absolute atomic E-state index is 12.8. The second-order valence-electron chi connectivity index (χ2n) is 8.74. The second-order valence-corrected chi connectivity index (χ2v) is 9.18. The van der Waals surface area contributed by atoms with Crippen LogP contribution in [0.1, 0.15) is 41.3 Å². The Morgan fingerprint density at radius 1 is 1.30 bits per heavy atom. The number of nitrogens with zero attached hydrogens (tertiary/aromatic N) is 1. The fraction of sp³-hybridized carbons (Fsp3) is 0.458. The Morgan fingerprint density at radius 3 is 2.90 bits per heavy atom. The predicted octanol–water partition coefficient (Wildman–Crippen LogP) is 4.45. The highest BCUT2D eigenvalue weighted by Gasteiger charge is 2.62. The number of benzene rings is 2. The van der Waals surface area contributed by atoms with Crippen molar-refractivity contribution in [3.8, 4) is 11.5 Å². The highest BCUT2D eigenvalue weighted by Crippen LogP contribution is 2.61. The average Bonchev–Trinajstić information content (AvgIpc) is 3.12. The second kappa shape index (κ2) is 7.17. The Morgan fingerprint density at radius 2 is 2.13 bits per heavy atom. The lowest BCUT2D eigenvalue weighted by atomic mass is 9.69. The first-order valence-electron chi connectivity index (χ1n) is 10.5. The molecule has 2 heterocycles. The minimum Gasteiger partial charge on any atom is -0.493 e. The molecule has 1 spiro atoms. The molecule has 1 saturated carbocycles. The van der Waals surface area contributed by atoms with E-state index in [1.807, 2.05) is 6.07 Å². The van der Waals surface area contributed by atoms with Crippen molar-refractivity contribution in [3.63, 3.8) is 0 Å². The van der Waals surface area contributed by atoms with Crippen LogP contribution in [0.3, 0.4) is 0 Å². The Labute approximate surface area is 181 Å². The molecule has 0 saturated heterocycles. The molecule has 2 aromatic carbocycles. The van der Waals surface area contributed by atoms with Gasteiger partial charge in [-0.3, -0.25) is 0 Å². The summed E-state index contributed by atoms with van der Waals surface area (Å²) in [4.78, 5) is 15.2. The molecule has 5 rings (SSSR count). The molecule has 1 fully saturated rings. The molecular weight excluding hydrogens is 402 g/mol. The van der Waals surface area contributed by atoms with Gasteiger partial charge in [0, 0.05) is 34.9 Å². The van der Waals surface area contributed by atoms with Gasteiger partial charge >= 0.3 is 5.97 Å². The summed E-state index contributed by atoms with van der Waals surface area (Å²) >= 11 is 6.05. The molecule has 2 aliphatic heterocycles. The van der Waals surface area contributed by atoms with Crippen LogP contribution in [0.4, 0.5) is 0 Å². The SMILES string of the molecule is COc1ccc2c3c1OC1C[C@@H](OC(=O)c4cccc(Cl)c4)C(C)[C@@]31CCN(C)C2. The number of halogens is 1. The molecule has 4 atom stereocenters. The van der Waals surface area contributed by atoms with Gasteiger partial charge in [0.05, 0.1) is 12.7 Å². The smallest absolute Gasteiger partial charge is 0.338 e. The Balaban J connectivity index is 1.51. The Kier molecular flexibility index (Phi) is 4.71. The van der Waals surface area contributed by atoms with E-state index >= 15 is 0 Å². The van der Waals surface area contributed by atoms with Crippen molar-refractivity contribution < 1.29 is 19.0 Å². The van der Waals surface area contributed by atoms with E-state index in [0.717, 1.165) is 31.0 Å². The zero-order valence-corrected chi connectivity index (χ0v) is 18.2. The maximum Gasteiger partial charge on any atom is 0.338 e. The first-order valence-corrected chi connectivity index (χ1v) is 10.8. The van der Waals surface area contributed by atoms with Crippen molar-refractivity contribution in [1.29, 1.82) is 0 Å². The number of carbonyl (C=O) groups excluding carboxylic acids is 1. The first-order chi connectivity index (χ1) is 14.4. The highest BCUT2D eigenvalue weighted by molar-refractivity contribution is 6.30. The number of carbonyl (C=O) groups is 1. The van der Waals surface area contributed by atoms with Crippen molar-refractivity contribution in [3.05, 3.63) is 58.1 Å². The van der Waals surface area contributed by atoms with Crippen molar-refractivity contribution in [2.75, 3.05) is 20.7 Å². The molecule has 158 valence electrons. The summed E-state index contributed by atoms with van der Waals surface area (Å²) in [5.74, 6) is 1.46. The predicted molar refractivity (Wildman–Crippen MR) is 114 cm³/mol. The molecule has 2 aromatic rings. The van der Waals surface area contributed by atoms with Crippen LogP contribution in [0.2, 0.25) is 5.02 Å². The van der Waals surface area contributed by atoms with Crippen LogP contribution in [0, 0.1) is 5.92 Å². The third-order valence-corrected chi connectivity index (χ3v) is 7.45. The fourth-order valence-corrected chi connectivity index (χ4v) is 5.88. The number of methoxy groups -OCH3 is 1. The van der Waals surface area contributed by atoms with E-state index in [-0.39, 0.29) is 29.5 Å². The van der Waals surface area contributed by atoms with Crippen LogP contribution in [-0.4, -0.2) is 43.8 Å². The van der Waals surface area contributed by atoms with E-state index in [2.05, 4.69) is 24.9 Å². The number of hydrogen-bond donors (Lipinski definition) is 0. The van der Waals surface area contributed by atoms with Crippen LogP contribution in [0.5, 0.6) is 11.5 Å². The lowest BCUT2D eigenvalue weighted by Crippen LogP contribution is -2.40. The summed E-state index contributed by atoms with van der Waals surface area (Å²) in [6, 6.07) is 11.1. The Hall–Kier alpha value is -2.24. The largest absolute Gasteiger partial charge is 0.493 e. The van der Waals surface area contributed by atoms with E-state index < -0.39 is 0 Å². The summed E-state index contributed by atoms with van der Waals surface area (Å²) in [6.45, 7) is 4.04. The van der Waals surface area contributed by atoms with Gasteiger partial charge in [0.2, 0.25) is 0 Å². The van der Waals surface area contributed by atoms with Gasteiger partial charge in [-0.1, -0.05) is 30.7 Å². The van der Waals surface area contributed by atoms with Crippen molar-refractivity contribution in [2.24, 2.45) is 5.92 Å². The molecule has 0 bridgehead atoms. The molecular formula is C24H26ClNO4. The summed E-state index contributed by atoms with van der Waals surface area (Å²) in [7, 11) is 3.84. The average molecular weight is 428 g/mol. The first kappa shape index (κ1) is 19.7. The third kappa shape index (κ3) is 2.83. The van der Waals surface area contributed by atoms with Crippen LogP contribution in [-0.2, 0) is 16.7 Å². The lowest BCUT2D eigenvalue weighted by molar-refractivity contribution is 0.0173. The molecule has 0 amide bonds. The topological polar surface area (TPSA) is 48.0 Å². The van der Waals surface area contributed by atoms with E-state index in [0.29, 0.717) is 17.0 Å². The Bertz CT molecular complexity index is 1010. The van der Waals surface area contributed by atoms with E-state index in [9.17, 15) is 4.79 Å². The van der Waals surface area contributed by atoms with Gasteiger partial charge in [-0.15, -0.1) is 0 Å². The summed E-state index contributed by atoms with van der Waals surface area (Å²) in [5.41, 5.74) is 2.84. The monoisotopic (exact) mass is 427 g/mol. The van der Waals surface area contributed by atoms with E-state index in [1.54, 1.807) is 31.4 Å². The molecule has 30 heavy (non-hydrogen) atoms. The van der Waals surface area contributed by atoms with Crippen LogP contribution >= 0.6 is 11.6 Å². The van der Waals surface area contributed by atoms with Crippen molar-refractivity contribution in [2.45, 2.75) is 43.9 Å². The fourth-order valence-electron chi connectivity index (χ4n) is 5.69. The number of hydrogen-bond acceptors (Lipinski definition) is 5. The third-order valence-electron chi connectivity index (χ3n) is 7.21. The normalized spacial score (nSPS) is 29.5. The molecule has 2 unspecified atom stereocenters. The minimum absolute atomic E-state index is 0.0267. The van der Waals surface area contributed by atoms with Gasteiger partial charge in [0.25, 0.3) is 0 Å². The van der Waals surface area contributed by atoms with Gasteiger partial charge in [0.1, 0.15) is 12.2 Å². The zero-order valence-electron chi connectivity index (χ0n) is 17.5. The quantitative estimate of drug-likeness (QED) is 0.677. The maximum atomic E-state index is 12.8. The van der Waals surface area contributed by atoms with Gasteiger partial charge in [0.15, 0.2) is 11.5 Å². The molecule has 1 aliphatic carbocycles. The van der Waals surface area contributed by atoms with Crippen LogP contribution in [0.15, 0.2) is 36.4 Å². The molecule has 3 aliphatic rings. The van der Waals surface area contributed by atoms with E-state index in [1.165, 1.54) is 11.1 Å². The molecule has 5 nitrogen and oxygen atoms in total. The van der Waals surface area contributed by atoms with Gasteiger partial charge in [-0.05, 0) is 49.8 Å². The van der Waals surface area contributed by atoms with Gasteiger partial charge in [-0.25, -0.2) is 4.79 Å². The standard InChI is InChI=1S/C24H26ClNO4/c1-14-19(29-23(27)15-5-4-6-17(25)11-15)12-20-24(14)9-10-26(2)13-16-7-8-18(28-3)22(30-20)21(16)24/h4-8,11,14,19-20H,9-10,12-13H2,1-3H3/t14?,19-,20?,24-/m1/s1. The van der Waals surface area contributed by atoms with Crippen molar-refractivity contribution >= 4 is 17.6 Å². The molecule has 6 heteroatoms. The van der Waals surface area contributed by atoms with Crippen molar-refractivity contribution in [1.82, 2.24) is 4.90 Å². The van der Waals surface area contributed by atoms with Crippen LogP contribution in [0.25, 0.3) is 0 Å². The minimum atomic E-state index is -0.331. The summed E-state index contributed by atoms with van der Waals surface area (Å²) in [6.07, 6.45) is 1.40. The molecule has 0 radical (unpaired) electrons. The highest BCUT2D eigenvalue weighted by atomic mass is 35.5. The molecule has 0 aromatic heterocycles. The molecule has 0 N–H and O–H groups in total. The summed E-state index contributed by atoms with van der Waals surface area (Å²) in [5, 5.41) is 0.528. The van der Waals surface area contributed by atoms with Crippen LogP contribution < -0.4 is 9.47 Å². The number of rotatable bonds is 3. The number of esters is 1. The van der Waals surface area contributed by atoms with Gasteiger partial charge < -0.3 is 19.1 Å².